The molecule has 4 nitrogen and oxygen atoms in total. The van der Waals surface area contributed by atoms with Crippen LogP contribution in [0.2, 0.25) is 0 Å². The molecule has 2 aliphatic rings. The van der Waals surface area contributed by atoms with Crippen molar-refractivity contribution in [1.29, 1.82) is 0 Å². The molecule has 2 heterocycles. The van der Waals surface area contributed by atoms with Crippen molar-refractivity contribution in [2.45, 2.75) is 39.0 Å². The van der Waals surface area contributed by atoms with Crippen molar-refractivity contribution in [3.05, 3.63) is 29.3 Å². The Kier molecular flexibility index (Phi) is 3.47. The second kappa shape index (κ2) is 5.27. The summed E-state index contributed by atoms with van der Waals surface area (Å²) in [6.07, 6.45) is 3.59. The van der Waals surface area contributed by atoms with Crippen molar-refractivity contribution < 1.29 is 4.79 Å². The number of nitrogens with one attached hydrogen (secondary N) is 1. The van der Waals surface area contributed by atoms with Gasteiger partial charge >= 0.3 is 0 Å². The van der Waals surface area contributed by atoms with Crippen molar-refractivity contribution in [3.8, 4) is 0 Å². The minimum Gasteiger partial charge on any atom is -0.320 e. The molecule has 2 aliphatic heterocycles. The van der Waals surface area contributed by atoms with Crippen molar-refractivity contribution in [2.75, 3.05) is 18.4 Å². The maximum absolute atomic E-state index is 12.1. The second-order valence-corrected chi connectivity index (χ2v) is 5.88. The number of amides is 1. The van der Waals surface area contributed by atoms with Crippen LogP contribution in [0.4, 0.5) is 5.69 Å². The molecule has 0 unspecified atom stereocenters. The zero-order valence-corrected chi connectivity index (χ0v) is 12.1. The Morgan fingerprint density at radius 1 is 1.20 bits per heavy atom. The van der Waals surface area contributed by atoms with E-state index in [2.05, 4.69) is 36.4 Å². The molecule has 1 amide bonds. The molecule has 3 rings (SSSR count). The normalized spacial score (nSPS) is 20.4. The monoisotopic (exact) mass is 271 g/mol. The van der Waals surface area contributed by atoms with Crippen molar-refractivity contribution in [2.24, 2.45) is 5.10 Å². The molecule has 20 heavy (non-hydrogen) atoms. The van der Waals surface area contributed by atoms with Crippen LogP contribution < -0.4 is 5.32 Å². The molecule has 0 radical (unpaired) electrons. The molecule has 0 bridgehead atoms. The quantitative estimate of drug-likeness (QED) is 0.898. The Hall–Kier alpha value is -1.84. The van der Waals surface area contributed by atoms with Gasteiger partial charge in [-0.2, -0.15) is 5.10 Å². The van der Waals surface area contributed by atoms with Gasteiger partial charge in [0.25, 0.3) is 5.91 Å². The second-order valence-electron chi connectivity index (χ2n) is 5.88. The summed E-state index contributed by atoms with van der Waals surface area (Å²) >= 11 is 0. The fourth-order valence-electron chi connectivity index (χ4n) is 2.75. The van der Waals surface area contributed by atoms with Gasteiger partial charge in [0.05, 0.1) is 5.69 Å². The van der Waals surface area contributed by atoms with Crippen LogP contribution in [-0.4, -0.2) is 29.7 Å². The van der Waals surface area contributed by atoms with Crippen molar-refractivity contribution >= 4 is 17.3 Å². The van der Waals surface area contributed by atoms with Gasteiger partial charge in [-0.1, -0.05) is 19.9 Å². The average molecular weight is 271 g/mol. The molecule has 1 fully saturated rings. The highest BCUT2D eigenvalue weighted by Gasteiger charge is 2.27. The summed E-state index contributed by atoms with van der Waals surface area (Å²) in [6, 6.07) is 6.16. The molecule has 1 aromatic carbocycles. The Morgan fingerprint density at radius 2 is 1.95 bits per heavy atom. The standard InChI is InChI=1S/C16H21N3O/c1-11(2)12-6-7-14-13(10-12)15(16(20)17-14)18-19-8-4-3-5-9-19/h6-7,10-11H,3-5,8-9H2,1-2H3,(H,17,18,20). The van der Waals surface area contributed by atoms with Crippen LogP contribution in [0.25, 0.3) is 0 Å². The van der Waals surface area contributed by atoms with E-state index in [-0.39, 0.29) is 5.91 Å². The topological polar surface area (TPSA) is 44.7 Å². The maximum atomic E-state index is 12.1. The van der Waals surface area contributed by atoms with Gasteiger partial charge in [-0.05, 0) is 42.9 Å². The van der Waals surface area contributed by atoms with Crippen LogP contribution in [0.15, 0.2) is 23.3 Å². The molecule has 4 heteroatoms. The van der Waals surface area contributed by atoms with Crippen molar-refractivity contribution in [3.63, 3.8) is 0 Å². The van der Waals surface area contributed by atoms with Gasteiger partial charge in [0.1, 0.15) is 0 Å². The summed E-state index contributed by atoms with van der Waals surface area (Å²) < 4.78 is 0. The van der Waals surface area contributed by atoms with E-state index >= 15 is 0 Å². The van der Waals surface area contributed by atoms with Gasteiger partial charge in [0, 0.05) is 18.7 Å². The molecule has 0 aliphatic carbocycles. The summed E-state index contributed by atoms with van der Waals surface area (Å²) in [5.74, 6) is 0.374. The lowest BCUT2D eigenvalue weighted by Crippen LogP contribution is -2.28. The highest BCUT2D eigenvalue weighted by molar-refractivity contribution is 6.53. The summed E-state index contributed by atoms with van der Waals surface area (Å²) in [4.78, 5) is 12.1. The van der Waals surface area contributed by atoms with Crippen LogP contribution in [-0.2, 0) is 4.79 Å². The molecule has 0 saturated carbocycles. The van der Waals surface area contributed by atoms with E-state index in [4.69, 9.17) is 0 Å². The van der Waals surface area contributed by atoms with E-state index in [1.807, 2.05) is 11.1 Å². The summed E-state index contributed by atoms with van der Waals surface area (Å²) in [7, 11) is 0. The molecule has 1 aromatic rings. The largest absolute Gasteiger partial charge is 0.320 e. The number of piperidine rings is 1. The average Bonchev–Trinajstić information content (AvgIpc) is 2.75. The van der Waals surface area contributed by atoms with Gasteiger partial charge in [0.2, 0.25) is 0 Å². The summed E-state index contributed by atoms with van der Waals surface area (Å²) in [5.41, 5.74) is 3.65. The first-order chi connectivity index (χ1) is 9.65. The number of hydrogen-bond acceptors (Lipinski definition) is 3. The Bertz CT molecular complexity index is 557. The SMILES string of the molecule is CC(C)c1ccc2c(c1)/C(=N/N1CCCCC1)C(=O)N2. The fraction of sp³-hybridized carbons (Fsp3) is 0.500. The Morgan fingerprint density at radius 3 is 2.65 bits per heavy atom. The summed E-state index contributed by atoms with van der Waals surface area (Å²) in [6.45, 7) is 6.23. The third-order valence-corrected chi connectivity index (χ3v) is 4.00. The predicted molar refractivity (Wildman–Crippen MR) is 81.1 cm³/mol. The molecule has 0 atom stereocenters. The zero-order chi connectivity index (χ0) is 14.1. The Labute approximate surface area is 119 Å². The molecular formula is C16H21N3O. The molecule has 0 spiro atoms. The van der Waals surface area contributed by atoms with E-state index in [1.54, 1.807) is 0 Å². The fourth-order valence-corrected chi connectivity index (χ4v) is 2.75. The summed E-state index contributed by atoms with van der Waals surface area (Å²) in [5, 5.41) is 9.54. The number of anilines is 1. The number of hydrogen-bond donors (Lipinski definition) is 1. The van der Waals surface area contributed by atoms with Gasteiger partial charge in [-0.15, -0.1) is 0 Å². The number of carbonyl (C=O) groups is 1. The molecule has 106 valence electrons. The van der Waals surface area contributed by atoms with E-state index in [9.17, 15) is 4.79 Å². The van der Waals surface area contributed by atoms with Gasteiger partial charge in [0.15, 0.2) is 5.71 Å². The number of carbonyl (C=O) groups excluding carboxylic acids is 1. The highest BCUT2D eigenvalue weighted by atomic mass is 16.2. The number of rotatable bonds is 2. The van der Waals surface area contributed by atoms with Crippen LogP contribution in [0.5, 0.6) is 0 Å². The van der Waals surface area contributed by atoms with Gasteiger partial charge in [-0.3, -0.25) is 9.80 Å². The molecule has 1 saturated heterocycles. The van der Waals surface area contributed by atoms with Crippen molar-refractivity contribution in [1.82, 2.24) is 5.01 Å². The lowest BCUT2D eigenvalue weighted by atomic mass is 9.99. The highest BCUT2D eigenvalue weighted by Crippen LogP contribution is 2.28. The Balaban J connectivity index is 1.95. The number of nitrogens with zero attached hydrogens (tertiary/aromatic N) is 2. The zero-order valence-electron chi connectivity index (χ0n) is 12.1. The van der Waals surface area contributed by atoms with Crippen LogP contribution >= 0.6 is 0 Å². The van der Waals surface area contributed by atoms with Crippen LogP contribution in [0.1, 0.15) is 50.2 Å². The van der Waals surface area contributed by atoms with E-state index in [1.165, 1.54) is 12.0 Å². The minimum absolute atomic E-state index is 0.0773. The van der Waals surface area contributed by atoms with Crippen LogP contribution in [0.3, 0.4) is 0 Å². The predicted octanol–water partition coefficient (Wildman–Crippen LogP) is 2.95. The first-order valence-corrected chi connectivity index (χ1v) is 7.44. The minimum atomic E-state index is -0.0773. The van der Waals surface area contributed by atoms with Gasteiger partial charge < -0.3 is 5.32 Å². The first kappa shape index (κ1) is 13.2. The number of benzene rings is 1. The smallest absolute Gasteiger partial charge is 0.276 e. The van der Waals surface area contributed by atoms with E-state index < -0.39 is 0 Å². The molecular weight excluding hydrogens is 250 g/mol. The number of fused-ring (bicyclic) bond motifs is 1. The number of hydrazone groups is 1. The first-order valence-electron chi connectivity index (χ1n) is 7.44. The molecule has 1 N–H and O–H groups in total. The van der Waals surface area contributed by atoms with E-state index in [0.29, 0.717) is 11.6 Å². The third-order valence-electron chi connectivity index (χ3n) is 4.00. The van der Waals surface area contributed by atoms with Crippen LogP contribution in [0, 0.1) is 0 Å². The maximum Gasteiger partial charge on any atom is 0.276 e. The van der Waals surface area contributed by atoms with Gasteiger partial charge in [-0.25, -0.2) is 0 Å². The lowest BCUT2D eigenvalue weighted by molar-refractivity contribution is -0.110. The third kappa shape index (κ3) is 2.42. The van der Waals surface area contributed by atoms with E-state index in [0.717, 1.165) is 37.2 Å². The molecule has 0 aromatic heterocycles. The lowest BCUT2D eigenvalue weighted by Gasteiger charge is -2.23.